The Labute approximate surface area is 107 Å². The van der Waals surface area contributed by atoms with Crippen molar-refractivity contribution in [2.75, 3.05) is 13.2 Å². The van der Waals surface area contributed by atoms with E-state index in [0.29, 0.717) is 32.6 Å². The SMILES string of the molecule is O=C1CCNC(COCc2ccccc2)CC1O. The number of ether oxygens (including phenoxy) is 1. The first kappa shape index (κ1) is 13.2. The molecule has 98 valence electrons. The molecule has 2 N–H and O–H groups in total. The van der Waals surface area contributed by atoms with Gasteiger partial charge in [-0.3, -0.25) is 4.79 Å². The quantitative estimate of drug-likeness (QED) is 0.832. The molecule has 0 spiro atoms. The third-order valence-corrected chi connectivity index (χ3v) is 3.11. The molecule has 0 bridgehead atoms. The molecule has 0 radical (unpaired) electrons. The molecule has 0 aromatic heterocycles. The summed E-state index contributed by atoms with van der Waals surface area (Å²) in [6.07, 6.45) is -0.00501. The number of carbonyl (C=O) groups excluding carboxylic acids is 1. The van der Waals surface area contributed by atoms with E-state index >= 15 is 0 Å². The molecule has 1 heterocycles. The Morgan fingerprint density at radius 1 is 1.33 bits per heavy atom. The van der Waals surface area contributed by atoms with Crippen molar-refractivity contribution in [1.82, 2.24) is 5.32 Å². The number of carbonyl (C=O) groups is 1. The second kappa shape index (κ2) is 6.64. The molecule has 1 aromatic rings. The minimum atomic E-state index is -0.842. The molecule has 18 heavy (non-hydrogen) atoms. The van der Waals surface area contributed by atoms with Crippen LogP contribution in [0.2, 0.25) is 0 Å². The molecule has 1 aliphatic heterocycles. The van der Waals surface area contributed by atoms with E-state index in [1.807, 2.05) is 30.3 Å². The van der Waals surface area contributed by atoms with Gasteiger partial charge in [-0.2, -0.15) is 0 Å². The molecular weight excluding hydrogens is 230 g/mol. The van der Waals surface area contributed by atoms with E-state index in [-0.39, 0.29) is 11.8 Å². The van der Waals surface area contributed by atoms with Crippen LogP contribution in [-0.2, 0) is 16.1 Å². The van der Waals surface area contributed by atoms with Crippen LogP contribution in [0.4, 0.5) is 0 Å². The zero-order chi connectivity index (χ0) is 12.8. The van der Waals surface area contributed by atoms with Crippen molar-refractivity contribution in [2.24, 2.45) is 0 Å². The highest BCUT2D eigenvalue weighted by atomic mass is 16.5. The lowest BCUT2D eigenvalue weighted by Gasteiger charge is -2.17. The fourth-order valence-corrected chi connectivity index (χ4v) is 2.07. The number of aliphatic hydroxyl groups excluding tert-OH is 1. The molecule has 1 fully saturated rings. The van der Waals surface area contributed by atoms with E-state index in [0.717, 1.165) is 5.56 Å². The fraction of sp³-hybridized carbons (Fsp3) is 0.500. The van der Waals surface area contributed by atoms with Gasteiger partial charge in [0.15, 0.2) is 5.78 Å². The highest BCUT2D eigenvalue weighted by molar-refractivity contribution is 5.83. The standard InChI is InChI=1S/C14H19NO3/c16-13-6-7-15-12(8-14(13)17)10-18-9-11-4-2-1-3-5-11/h1-5,12,14-15,17H,6-10H2. The summed E-state index contributed by atoms with van der Waals surface area (Å²) in [6, 6.07) is 10.0. The maximum absolute atomic E-state index is 11.3. The first-order valence-electron chi connectivity index (χ1n) is 6.31. The van der Waals surface area contributed by atoms with Gasteiger partial charge < -0.3 is 15.2 Å². The van der Waals surface area contributed by atoms with Gasteiger partial charge >= 0.3 is 0 Å². The predicted octanol–water partition coefficient (Wildman–Crippen LogP) is 0.885. The van der Waals surface area contributed by atoms with Crippen molar-refractivity contribution in [1.29, 1.82) is 0 Å². The van der Waals surface area contributed by atoms with Crippen molar-refractivity contribution >= 4 is 5.78 Å². The van der Waals surface area contributed by atoms with Crippen molar-refractivity contribution in [3.63, 3.8) is 0 Å². The van der Waals surface area contributed by atoms with Gasteiger partial charge in [0.2, 0.25) is 0 Å². The van der Waals surface area contributed by atoms with Crippen LogP contribution >= 0.6 is 0 Å². The molecule has 2 unspecified atom stereocenters. The molecule has 0 aliphatic carbocycles. The summed E-state index contributed by atoms with van der Waals surface area (Å²) in [5.74, 6) is -0.0759. The largest absolute Gasteiger partial charge is 0.385 e. The summed E-state index contributed by atoms with van der Waals surface area (Å²) >= 11 is 0. The molecule has 2 atom stereocenters. The van der Waals surface area contributed by atoms with Gasteiger partial charge in [0.25, 0.3) is 0 Å². The number of ketones is 1. The van der Waals surface area contributed by atoms with Crippen molar-refractivity contribution in [3.8, 4) is 0 Å². The Balaban J connectivity index is 1.75. The zero-order valence-electron chi connectivity index (χ0n) is 10.3. The smallest absolute Gasteiger partial charge is 0.162 e. The van der Waals surface area contributed by atoms with Crippen LogP contribution in [-0.4, -0.2) is 36.2 Å². The van der Waals surface area contributed by atoms with E-state index in [1.54, 1.807) is 0 Å². The zero-order valence-corrected chi connectivity index (χ0v) is 10.3. The van der Waals surface area contributed by atoms with Gasteiger partial charge in [-0.15, -0.1) is 0 Å². The van der Waals surface area contributed by atoms with E-state index in [9.17, 15) is 9.90 Å². The number of hydrogen-bond acceptors (Lipinski definition) is 4. The molecular formula is C14H19NO3. The maximum Gasteiger partial charge on any atom is 0.162 e. The van der Waals surface area contributed by atoms with Crippen molar-refractivity contribution < 1.29 is 14.6 Å². The minimum Gasteiger partial charge on any atom is -0.385 e. The highest BCUT2D eigenvalue weighted by Crippen LogP contribution is 2.08. The summed E-state index contributed by atoms with van der Waals surface area (Å²) < 4.78 is 5.61. The second-order valence-corrected chi connectivity index (χ2v) is 4.62. The maximum atomic E-state index is 11.3. The van der Waals surface area contributed by atoms with Gasteiger partial charge in [-0.1, -0.05) is 30.3 Å². The van der Waals surface area contributed by atoms with E-state index in [4.69, 9.17) is 4.74 Å². The number of aliphatic hydroxyl groups is 1. The summed E-state index contributed by atoms with van der Waals surface area (Å²) in [4.78, 5) is 11.3. The molecule has 2 rings (SSSR count). The number of benzene rings is 1. The van der Waals surface area contributed by atoms with Crippen LogP contribution < -0.4 is 5.32 Å². The van der Waals surface area contributed by atoms with Crippen LogP contribution in [0.25, 0.3) is 0 Å². The number of rotatable bonds is 4. The first-order chi connectivity index (χ1) is 8.75. The molecule has 1 aromatic carbocycles. The summed E-state index contributed by atoms with van der Waals surface area (Å²) in [5, 5.41) is 12.8. The Morgan fingerprint density at radius 3 is 2.89 bits per heavy atom. The summed E-state index contributed by atoms with van der Waals surface area (Å²) in [7, 11) is 0. The average Bonchev–Trinajstić information content (AvgIpc) is 2.54. The van der Waals surface area contributed by atoms with Crippen LogP contribution in [0.3, 0.4) is 0 Å². The van der Waals surface area contributed by atoms with Crippen molar-refractivity contribution in [3.05, 3.63) is 35.9 Å². The van der Waals surface area contributed by atoms with Gasteiger partial charge in [0.1, 0.15) is 6.10 Å². The lowest BCUT2D eigenvalue weighted by atomic mass is 10.1. The topological polar surface area (TPSA) is 58.6 Å². The lowest BCUT2D eigenvalue weighted by molar-refractivity contribution is -0.126. The van der Waals surface area contributed by atoms with Gasteiger partial charge in [-0.25, -0.2) is 0 Å². The fourth-order valence-electron chi connectivity index (χ4n) is 2.07. The third-order valence-electron chi connectivity index (χ3n) is 3.11. The predicted molar refractivity (Wildman–Crippen MR) is 68.1 cm³/mol. The molecule has 1 saturated heterocycles. The summed E-state index contributed by atoms with van der Waals surface area (Å²) in [6.45, 7) is 1.69. The Kier molecular flexibility index (Phi) is 4.87. The third kappa shape index (κ3) is 3.91. The molecule has 0 amide bonds. The highest BCUT2D eigenvalue weighted by Gasteiger charge is 2.23. The van der Waals surface area contributed by atoms with Crippen LogP contribution in [0.5, 0.6) is 0 Å². The van der Waals surface area contributed by atoms with Gasteiger partial charge in [-0.05, 0) is 12.0 Å². The lowest BCUT2D eigenvalue weighted by Crippen LogP contribution is -2.34. The van der Waals surface area contributed by atoms with Crippen LogP contribution in [0.1, 0.15) is 18.4 Å². The Morgan fingerprint density at radius 2 is 2.11 bits per heavy atom. The Bertz CT molecular complexity index is 380. The Hall–Kier alpha value is -1.23. The number of hydrogen-bond donors (Lipinski definition) is 2. The van der Waals surface area contributed by atoms with Gasteiger partial charge in [0, 0.05) is 19.0 Å². The van der Waals surface area contributed by atoms with E-state index in [2.05, 4.69) is 5.32 Å². The minimum absolute atomic E-state index is 0.0511. The number of nitrogens with one attached hydrogen (secondary N) is 1. The monoisotopic (exact) mass is 249 g/mol. The summed E-state index contributed by atoms with van der Waals surface area (Å²) in [5.41, 5.74) is 1.13. The number of Topliss-reactive ketones (excluding diaryl/α,β-unsaturated/α-hetero) is 1. The van der Waals surface area contributed by atoms with Crippen LogP contribution in [0.15, 0.2) is 30.3 Å². The van der Waals surface area contributed by atoms with Gasteiger partial charge in [0.05, 0.1) is 13.2 Å². The van der Waals surface area contributed by atoms with Crippen molar-refractivity contribution in [2.45, 2.75) is 31.6 Å². The van der Waals surface area contributed by atoms with E-state index < -0.39 is 6.10 Å². The first-order valence-corrected chi connectivity index (χ1v) is 6.31. The molecule has 4 nitrogen and oxygen atoms in total. The molecule has 4 heteroatoms. The second-order valence-electron chi connectivity index (χ2n) is 4.62. The molecule has 1 aliphatic rings. The van der Waals surface area contributed by atoms with Crippen LogP contribution in [0, 0.1) is 0 Å². The average molecular weight is 249 g/mol. The van der Waals surface area contributed by atoms with E-state index in [1.165, 1.54) is 0 Å². The molecule has 0 saturated carbocycles. The normalized spacial score (nSPS) is 24.8.